The summed E-state index contributed by atoms with van der Waals surface area (Å²) in [5, 5.41) is 12.0. The van der Waals surface area contributed by atoms with Gasteiger partial charge in [0.15, 0.2) is 5.76 Å². The van der Waals surface area contributed by atoms with Gasteiger partial charge in [0.05, 0.1) is 27.2 Å². The molecular weight excluding hydrogens is 434 g/mol. The summed E-state index contributed by atoms with van der Waals surface area (Å²) < 4.78 is 0. The van der Waals surface area contributed by atoms with Crippen LogP contribution in [0, 0.1) is 13.8 Å². The number of nitrogens with zero attached hydrogens (tertiary/aromatic N) is 3. The van der Waals surface area contributed by atoms with E-state index in [-0.39, 0.29) is 11.4 Å². The minimum Gasteiger partial charge on any atom is -0.503 e. The quantitative estimate of drug-likeness (QED) is 0.547. The zero-order valence-corrected chi connectivity index (χ0v) is 19.9. The molecule has 0 radical (unpaired) electrons. The standard InChI is InChI=1S/C23H28ClN3O3S/c1-5-26(6-2)12-9-13-27-19(16-10-7-8-11-17(16)24)18(21(29)23(27)30)20(28)22-14(3)25-15(4)31-22/h7-8,10-11,19,29H,5-6,9,12-13H2,1-4H3. The molecular formula is C23H28ClN3O3S. The van der Waals surface area contributed by atoms with E-state index < -0.39 is 17.7 Å². The second-order valence-corrected chi connectivity index (χ2v) is 9.15. The van der Waals surface area contributed by atoms with E-state index in [0.717, 1.165) is 31.1 Å². The van der Waals surface area contributed by atoms with Crippen LogP contribution >= 0.6 is 22.9 Å². The summed E-state index contributed by atoms with van der Waals surface area (Å²) in [6.45, 7) is 10.9. The normalized spacial score (nSPS) is 16.6. The van der Waals surface area contributed by atoms with Gasteiger partial charge < -0.3 is 14.9 Å². The third kappa shape index (κ3) is 4.68. The van der Waals surface area contributed by atoms with Crippen molar-refractivity contribution in [1.29, 1.82) is 0 Å². The van der Waals surface area contributed by atoms with Gasteiger partial charge in [-0.1, -0.05) is 43.6 Å². The average Bonchev–Trinajstić information content (AvgIpc) is 3.21. The average molecular weight is 462 g/mol. The molecule has 2 heterocycles. The molecule has 1 aliphatic heterocycles. The maximum absolute atomic E-state index is 13.5. The summed E-state index contributed by atoms with van der Waals surface area (Å²) in [6.07, 6.45) is 0.724. The number of Topliss-reactive ketones (excluding diaryl/α,β-unsaturated/α-hetero) is 1. The second kappa shape index (κ2) is 9.94. The van der Waals surface area contributed by atoms with Crippen LogP contribution in [0.2, 0.25) is 5.02 Å². The van der Waals surface area contributed by atoms with Crippen molar-refractivity contribution in [3.8, 4) is 0 Å². The number of thiazole rings is 1. The number of aryl methyl sites for hydroxylation is 2. The first-order valence-corrected chi connectivity index (χ1v) is 11.7. The summed E-state index contributed by atoms with van der Waals surface area (Å²) in [7, 11) is 0. The largest absolute Gasteiger partial charge is 0.503 e. The fourth-order valence-electron chi connectivity index (χ4n) is 4.01. The number of ketones is 1. The van der Waals surface area contributed by atoms with E-state index in [9.17, 15) is 14.7 Å². The molecule has 1 N–H and O–H groups in total. The summed E-state index contributed by atoms with van der Waals surface area (Å²) in [5.74, 6) is -1.40. The molecule has 1 atom stereocenters. The number of hydrogen-bond acceptors (Lipinski definition) is 6. The van der Waals surface area contributed by atoms with Crippen LogP contribution < -0.4 is 0 Å². The molecule has 1 aromatic carbocycles. The number of aliphatic hydroxyl groups is 1. The predicted octanol–water partition coefficient (Wildman–Crippen LogP) is 4.72. The molecule has 0 aliphatic carbocycles. The van der Waals surface area contributed by atoms with Crippen LogP contribution in [0.25, 0.3) is 0 Å². The Labute approximate surface area is 192 Å². The van der Waals surface area contributed by atoms with Gasteiger partial charge in [0, 0.05) is 11.6 Å². The molecule has 0 spiro atoms. The Morgan fingerprint density at radius 3 is 2.52 bits per heavy atom. The van der Waals surface area contributed by atoms with Crippen molar-refractivity contribution in [3.63, 3.8) is 0 Å². The molecule has 1 aromatic heterocycles. The van der Waals surface area contributed by atoms with Crippen LogP contribution in [0.5, 0.6) is 0 Å². The van der Waals surface area contributed by atoms with Crippen molar-refractivity contribution in [3.05, 3.63) is 61.8 Å². The lowest BCUT2D eigenvalue weighted by Crippen LogP contribution is -2.34. The monoisotopic (exact) mass is 461 g/mol. The lowest BCUT2D eigenvalue weighted by atomic mass is 9.95. The number of hydrogen-bond donors (Lipinski definition) is 1. The second-order valence-electron chi connectivity index (χ2n) is 7.54. The van der Waals surface area contributed by atoms with E-state index in [1.165, 1.54) is 11.3 Å². The molecule has 1 amide bonds. The van der Waals surface area contributed by atoms with Crippen molar-refractivity contribution < 1.29 is 14.7 Å². The van der Waals surface area contributed by atoms with Gasteiger partial charge in [0.1, 0.15) is 0 Å². The molecule has 0 saturated heterocycles. The highest BCUT2D eigenvalue weighted by Gasteiger charge is 2.44. The van der Waals surface area contributed by atoms with Gasteiger partial charge in [0.25, 0.3) is 5.91 Å². The van der Waals surface area contributed by atoms with Crippen molar-refractivity contribution in [2.75, 3.05) is 26.2 Å². The lowest BCUT2D eigenvalue weighted by molar-refractivity contribution is -0.129. The number of carbonyl (C=O) groups excluding carboxylic acids is 2. The summed E-state index contributed by atoms with van der Waals surface area (Å²) in [6, 6.07) is 6.42. The molecule has 166 valence electrons. The Morgan fingerprint density at radius 2 is 1.94 bits per heavy atom. The van der Waals surface area contributed by atoms with Crippen LogP contribution in [0.15, 0.2) is 35.6 Å². The van der Waals surface area contributed by atoms with E-state index in [2.05, 4.69) is 23.7 Å². The SMILES string of the molecule is CCN(CC)CCCN1C(=O)C(O)=C(C(=O)c2sc(C)nc2C)C1c1ccccc1Cl. The molecule has 0 saturated carbocycles. The van der Waals surface area contributed by atoms with Crippen LogP contribution in [0.1, 0.15) is 52.2 Å². The summed E-state index contributed by atoms with van der Waals surface area (Å²) >= 11 is 7.74. The number of rotatable bonds is 9. The van der Waals surface area contributed by atoms with Gasteiger partial charge in [-0.3, -0.25) is 9.59 Å². The van der Waals surface area contributed by atoms with Crippen LogP contribution in [-0.4, -0.2) is 57.8 Å². The van der Waals surface area contributed by atoms with Crippen molar-refractivity contribution in [2.45, 2.75) is 40.2 Å². The first-order valence-electron chi connectivity index (χ1n) is 10.5. The van der Waals surface area contributed by atoms with Crippen LogP contribution in [0.3, 0.4) is 0 Å². The zero-order valence-electron chi connectivity index (χ0n) is 18.3. The molecule has 8 heteroatoms. The van der Waals surface area contributed by atoms with Crippen LogP contribution in [0.4, 0.5) is 0 Å². The Balaban J connectivity index is 2.00. The number of aromatic nitrogens is 1. The van der Waals surface area contributed by atoms with Gasteiger partial charge in [-0.05, 0) is 51.5 Å². The first kappa shape index (κ1) is 23.4. The van der Waals surface area contributed by atoms with E-state index in [4.69, 9.17) is 11.6 Å². The molecule has 0 bridgehead atoms. The Kier molecular flexibility index (Phi) is 7.51. The number of benzene rings is 1. The molecule has 1 unspecified atom stereocenters. The van der Waals surface area contributed by atoms with Crippen LogP contribution in [-0.2, 0) is 4.79 Å². The predicted molar refractivity (Wildman–Crippen MR) is 124 cm³/mol. The topological polar surface area (TPSA) is 73.7 Å². The lowest BCUT2D eigenvalue weighted by Gasteiger charge is -2.28. The van der Waals surface area contributed by atoms with Gasteiger partial charge >= 0.3 is 0 Å². The van der Waals surface area contributed by atoms with E-state index in [1.807, 2.05) is 13.0 Å². The summed E-state index contributed by atoms with van der Waals surface area (Å²) in [5.41, 5.74) is 1.30. The number of carbonyl (C=O) groups is 2. The minimum atomic E-state index is -0.729. The zero-order chi connectivity index (χ0) is 22.7. The van der Waals surface area contributed by atoms with Crippen molar-refractivity contribution in [2.24, 2.45) is 0 Å². The highest BCUT2D eigenvalue weighted by molar-refractivity contribution is 7.14. The van der Waals surface area contributed by atoms with Gasteiger partial charge in [-0.25, -0.2) is 4.98 Å². The first-order chi connectivity index (χ1) is 14.8. The van der Waals surface area contributed by atoms with Crippen molar-refractivity contribution in [1.82, 2.24) is 14.8 Å². The van der Waals surface area contributed by atoms with Gasteiger partial charge in [-0.15, -0.1) is 11.3 Å². The maximum atomic E-state index is 13.5. The van der Waals surface area contributed by atoms with Gasteiger partial charge in [0.2, 0.25) is 5.78 Å². The fraction of sp³-hybridized carbons (Fsp3) is 0.435. The number of aliphatic hydroxyl groups excluding tert-OH is 1. The smallest absolute Gasteiger partial charge is 0.290 e. The third-order valence-electron chi connectivity index (χ3n) is 5.63. The molecule has 3 rings (SSSR count). The van der Waals surface area contributed by atoms with E-state index in [0.29, 0.717) is 27.7 Å². The highest BCUT2D eigenvalue weighted by atomic mass is 35.5. The Bertz CT molecular complexity index is 1010. The Hall–Kier alpha value is -2.22. The fourth-order valence-corrected chi connectivity index (χ4v) is 5.12. The molecule has 31 heavy (non-hydrogen) atoms. The molecule has 2 aromatic rings. The van der Waals surface area contributed by atoms with Crippen molar-refractivity contribution >= 4 is 34.6 Å². The minimum absolute atomic E-state index is 0.0766. The molecule has 1 aliphatic rings. The molecule has 6 nitrogen and oxygen atoms in total. The van der Waals surface area contributed by atoms with E-state index in [1.54, 1.807) is 30.0 Å². The highest BCUT2D eigenvalue weighted by Crippen LogP contribution is 2.42. The number of halogens is 1. The number of amides is 1. The molecule has 0 fully saturated rings. The Morgan fingerprint density at radius 1 is 1.26 bits per heavy atom. The van der Waals surface area contributed by atoms with E-state index >= 15 is 0 Å². The third-order valence-corrected chi connectivity index (χ3v) is 7.04. The maximum Gasteiger partial charge on any atom is 0.290 e. The van der Waals surface area contributed by atoms with Gasteiger partial charge in [-0.2, -0.15) is 0 Å². The summed E-state index contributed by atoms with van der Waals surface area (Å²) in [4.78, 5) is 35.1.